The quantitative estimate of drug-likeness (QED) is 0.550. The first-order chi connectivity index (χ1) is 9.16. The summed E-state index contributed by atoms with van der Waals surface area (Å²) in [6, 6.07) is 16.4. The van der Waals surface area contributed by atoms with Crippen LogP contribution >= 0.6 is 35.4 Å². The Balaban J connectivity index is 2.11. The SMILES string of the molecule is CC(c1ccc(Cl)cc1)n1sc2ccccc2c1=S. The normalized spacial score (nSPS) is 12.7. The predicted octanol–water partition coefficient (Wildman–Crippen LogP) is 5.69. The van der Waals surface area contributed by atoms with Crippen LogP contribution in [0.5, 0.6) is 0 Å². The molecule has 1 unspecified atom stereocenters. The molecule has 0 aliphatic rings. The molecular weight excluding hydrogens is 294 g/mol. The van der Waals surface area contributed by atoms with Crippen LogP contribution in [0.1, 0.15) is 18.5 Å². The Morgan fingerprint density at radius 2 is 1.79 bits per heavy atom. The van der Waals surface area contributed by atoms with Crippen LogP contribution in [0.25, 0.3) is 10.1 Å². The summed E-state index contributed by atoms with van der Waals surface area (Å²) >= 11 is 13.2. The van der Waals surface area contributed by atoms with E-state index >= 15 is 0 Å². The molecule has 1 nitrogen and oxygen atoms in total. The third kappa shape index (κ3) is 2.34. The van der Waals surface area contributed by atoms with E-state index in [1.165, 1.54) is 10.3 Å². The Hall–Kier alpha value is -1.16. The first kappa shape index (κ1) is 12.9. The number of aromatic nitrogens is 1. The second kappa shape index (κ2) is 5.08. The fourth-order valence-electron chi connectivity index (χ4n) is 2.12. The molecule has 1 heterocycles. The Morgan fingerprint density at radius 1 is 1.11 bits per heavy atom. The molecule has 0 spiro atoms. The van der Waals surface area contributed by atoms with Gasteiger partial charge in [0.05, 0.1) is 10.7 Å². The number of rotatable bonds is 2. The minimum Gasteiger partial charge on any atom is -0.280 e. The van der Waals surface area contributed by atoms with E-state index in [9.17, 15) is 0 Å². The van der Waals surface area contributed by atoms with Crippen LogP contribution in [0.15, 0.2) is 48.5 Å². The van der Waals surface area contributed by atoms with Gasteiger partial charge in [-0.15, -0.1) is 0 Å². The average Bonchev–Trinajstić information content (AvgIpc) is 2.77. The Morgan fingerprint density at radius 3 is 2.47 bits per heavy atom. The molecular formula is C15H12ClNS2. The number of halogens is 1. The van der Waals surface area contributed by atoms with Crippen LogP contribution in [0.2, 0.25) is 5.02 Å². The van der Waals surface area contributed by atoms with Gasteiger partial charge in [-0.05, 0) is 30.7 Å². The zero-order valence-corrected chi connectivity index (χ0v) is 12.7. The van der Waals surface area contributed by atoms with E-state index in [-0.39, 0.29) is 6.04 Å². The van der Waals surface area contributed by atoms with Crippen LogP contribution in [-0.4, -0.2) is 3.96 Å². The maximum absolute atomic E-state index is 5.93. The van der Waals surface area contributed by atoms with Crippen LogP contribution in [0.4, 0.5) is 0 Å². The molecule has 2 aromatic carbocycles. The van der Waals surface area contributed by atoms with Crippen molar-refractivity contribution in [2.45, 2.75) is 13.0 Å². The Bertz CT molecular complexity index is 771. The molecule has 0 aliphatic heterocycles. The molecule has 0 aliphatic carbocycles. The van der Waals surface area contributed by atoms with Gasteiger partial charge in [0.15, 0.2) is 0 Å². The third-order valence-corrected chi connectivity index (χ3v) is 5.25. The molecule has 0 radical (unpaired) electrons. The van der Waals surface area contributed by atoms with Crippen molar-refractivity contribution in [1.29, 1.82) is 0 Å². The smallest absolute Gasteiger partial charge is 0.124 e. The van der Waals surface area contributed by atoms with Crippen molar-refractivity contribution in [3.8, 4) is 0 Å². The molecule has 3 aromatic rings. The number of benzene rings is 2. The van der Waals surface area contributed by atoms with Crippen molar-refractivity contribution in [1.82, 2.24) is 3.96 Å². The van der Waals surface area contributed by atoms with Crippen molar-refractivity contribution < 1.29 is 0 Å². The lowest BCUT2D eigenvalue weighted by Crippen LogP contribution is -2.03. The van der Waals surface area contributed by atoms with Gasteiger partial charge in [-0.25, -0.2) is 0 Å². The summed E-state index contributed by atoms with van der Waals surface area (Å²) in [5, 5.41) is 1.92. The second-order valence-corrected chi connectivity index (χ2v) is 6.28. The lowest BCUT2D eigenvalue weighted by molar-refractivity contribution is 0.689. The van der Waals surface area contributed by atoms with Gasteiger partial charge in [0.1, 0.15) is 4.64 Å². The highest BCUT2D eigenvalue weighted by molar-refractivity contribution is 7.71. The fourth-order valence-corrected chi connectivity index (χ4v) is 3.83. The first-order valence-electron chi connectivity index (χ1n) is 6.03. The highest BCUT2D eigenvalue weighted by Crippen LogP contribution is 2.29. The highest BCUT2D eigenvalue weighted by atomic mass is 35.5. The topological polar surface area (TPSA) is 4.93 Å². The van der Waals surface area contributed by atoms with Crippen LogP contribution in [0, 0.1) is 4.64 Å². The third-order valence-electron chi connectivity index (χ3n) is 3.22. The lowest BCUT2D eigenvalue weighted by atomic mass is 10.1. The van der Waals surface area contributed by atoms with Gasteiger partial charge in [0.2, 0.25) is 0 Å². The maximum Gasteiger partial charge on any atom is 0.124 e. The molecule has 0 bridgehead atoms. The molecule has 1 atom stereocenters. The first-order valence-corrected chi connectivity index (χ1v) is 7.59. The number of hydrogen-bond donors (Lipinski definition) is 0. The van der Waals surface area contributed by atoms with Crippen LogP contribution < -0.4 is 0 Å². The fraction of sp³-hybridized carbons (Fsp3) is 0.133. The summed E-state index contributed by atoms with van der Waals surface area (Å²) in [5.41, 5.74) is 1.21. The van der Waals surface area contributed by atoms with Gasteiger partial charge in [0.25, 0.3) is 0 Å². The zero-order valence-electron chi connectivity index (χ0n) is 10.3. The summed E-state index contributed by atoms with van der Waals surface area (Å²) in [7, 11) is 0. The molecule has 3 rings (SSSR count). The van der Waals surface area contributed by atoms with Crippen molar-refractivity contribution in [2.24, 2.45) is 0 Å². The highest BCUT2D eigenvalue weighted by Gasteiger charge is 2.12. The van der Waals surface area contributed by atoms with E-state index in [4.69, 9.17) is 23.8 Å². The standard InChI is InChI=1S/C15H12ClNS2/c1-10(11-6-8-12(16)9-7-11)17-15(18)13-4-2-3-5-14(13)19-17/h2-10H,1H3. The summed E-state index contributed by atoms with van der Waals surface area (Å²) in [4.78, 5) is 0. The van der Waals surface area contributed by atoms with E-state index < -0.39 is 0 Å². The van der Waals surface area contributed by atoms with Gasteiger partial charge in [-0.3, -0.25) is 3.96 Å². The van der Waals surface area contributed by atoms with Crippen molar-refractivity contribution in [3.05, 3.63) is 63.8 Å². The van der Waals surface area contributed by atoms with E-state index in [0.717, 1.165) is 15.0 Å². The zero-order chi connectivity index (χ0) is 13.4. The second-order valence-electron chi connectivity index (χ2n) is 4.45. The molecule has 1 aromatic heterocycles. The Kier molecular flexibility index (Phi) is 3.44. The minimum absolute atomic E-state index is 0.224. The summed E-state index contributed by atoms with van der Waals surface area (Å²) in [6.45, 7) is 2.16. The van der Waals surface area contributed by atoms with Gasteiger partial charge in [-0.1, -0.05) is 65.7 Å². The Labute approximate surface area is 126 Å². The molecule has 0 saturated carbocycles. The van der Waals surface area contributed by atoms with Crippen molar-refractivity contribution in [3.63, 3.8) is 0 Å². The monoisotopic (exact) mass is 305 g/mol. The van der Waals surface area contributed by atoms with Crippen LogP contribution in [-0.2, 0) is 0 Å². The van der Waals surface area contributed by atoms with E-state index in [1.807, 2.05) is 24.3 Å². The van der Waals surface area contributed by atoms with E-state index in [1.54, 1.807) is 11.5 Å². The molecule has 0 amide bonds. The van der Waals surface area contributed by atoms with Crippen molar-refractivity contribution in [2.75, 3.05) is 0 Å². The number of fused-ring (bicyclic) bond motifs is 1. The molecule has 0 saturated heterocycles. The van der Waals surface area contributed by atoms with E-state index in [2.05, 4.69) is 35.1 Å². The lowest BCUT2D eigenvalue weighted by Gasteiger charge is -2.12. The van der Waals surface area contributed by atoms with Gasteiger partial charge >= 0.3 is 0 Å². The molecule has 0 N–H and O–H groups in total. The van der Waals surface area contributed by atoms with Gasteiger partial charge < -0.3 is 0 Å². The van der Waals surface area contributed by atoms with Crippen molar-refractivity contribution >= 4 is 45.4 Å². The summed E-state index contributed by atoms with van der Waals surface area (Å²) in [5.74, 6) is 0. The number of nitrogens with zero attached hydrogens (tertiary/aromatic N) is 1. The molecule has 4 heteroatoms. The summed E-state index contributed by atoms with van der Waals surface area (Å²) < 4.78 is 4.32. The average molecular weight is 306 g/mol. The largest absolute Gasteiger partial charge is 0.280 e. The minimum atomic E-state index is 0.224. The van der Waals surface area contributed by atoms with Crippen LogP contribution in [0.3, 0.4) is 0 Å². The predicted molar refractivity (Wildman–Crippen MR) is 85.9 cm³/mol. The molecule has 96 valence electrons. The summed E-state index contributed by atoms with van der Waals surface area (Å²) in [6.07, 6.45) is 0. The maximum atomic E-state index is 5.93. The van der Waals surface area contributed by atoms with Gasteiger partial charge in [0, 0.05) is 10.4 Å². The molecule has 19 heavy (non-hydrogen) atoms. The van der Waals surface area contributed by atoms with E-state index in [0.29, 0.717) is 0 Å². The number of hydrogen-bond acceptors (Lipinski definition) is 2. The van der Waals surface area contributed by atoms with Gasteiger partial charge in [-0.2, -0.15) is 0 Å². The molecule has 0 fully saturated rings.